The molecular formula is C20H24N2OS. The van der Waals surface area contributed by atoms with E-state index in [4.69, 9.17) is 0 Å². The fourth-order valence-corrected chi connectivity index (χ4v) is 4.16. The molecule has 1 saturated heterocycles. The van der Waals surface area contributed by atoms with E-state index in [1.807, 2.05) is 47.9 Å². The van der Waals surface area contributed by atoms with Crippen LogP contribution in [0.2, 0.25) is 0 Å². The van der Waals surface area contributed by atoms with Crippen molar-refractivity contribution in [2.75, 3.05) is 17.6 Å². The van der Waals surface area contributed by atoms with E-state index in [9.17, 15) is 4.79 Å². The second-order valence-corrected chi connectivity index (χ2v) is 7.67. The first-order valence-corrected chi connectivity index (χ1v) is 9.46. The number of carbonyl (C=O) groups excluding carboxylic acids is 1. The summed E-state index contributed by atoms with van der Waals surface area (Å²) in [6, 6.07) is 16.5. The second-order valence-electron chi connectivity index (χ2n) is 6.48. The van der Waals surface area contributed by atoms with Gasteiger partial charge >= 0.3 is 6.03 Å². The maximum absolute atomic E-state index is 12.7. The van der Waals surface area contributed by atoms with E-state index in [1.54, 1.807) is 0 Å². The number of rotatable bonds is 3. The van der Waals surface area contributed by atoms with Crippen molar-refractivity contribution >= 4 is 23.5 Å². The summed E-state index contributed by atoms with van der Waals surface area (Å²) >= 11 is 1.83. The van der Waals surface area contributed by atoms with Gasteiger partial charge in [0.15, 0.2) is 0 Å². The molecule has 1 heterocycles. The molecule has 3 nitrogen and oxygen atoms in total. The minimum atomic E-state index is -0.0211. The van der Waals surface area contributed by atoms with Crippen molar-refractivity contribution in [3.63, 3.8) is 0 Å². The zero-order valence-electron chi connectivity index (χ0n) is 14.5. The van der Waals surface area contributed by atoms with Crippen LogP contribution >= 0.6 is 11.8 Å². The molecule has 0 aromatic heterocycles. The molecule has 0 unspecified atom stereocenters. The van der Waals surface area contributed by atoms with E-state index in [0.29, 0.717) is 5.92 Å². The number of benzene rings is 2. The molecule has 1 fully saturated rings. The van der Waals surface area contributed by atoms with Gasteiger partial charge in [0.05, 0.1) is 0 Å². The number of carbonyl (C=O) groups is 1. The summed E-state index contributed by atoms with van der Waals surface area (Å²) in [7, 11) is 0. The Morgan fingerprint density at radius 1 is 1.17 bits per heavy atom. The Hall–Kier alpha value is -1.94. The molecule has 24 heavy (non-hydrogen) atoms. The molecule has 0 saturated carbocycles. The molecular weight excluding hydrogens is 316 g/mol. The largest absolute Gasteiger partial charge is 0.323 e. The Kier molecular flexibility index (Phi) is 5.14. The summed E-state index contributed by atoms with van der Waals surface area (Å²) in [6.07, 6.45) is 0. The van der Waals surface area contributed by atoms with E-state index < -0.39 is 0 Å². The van der Waals surface area contributed by atoms with Gasteiger partial charge in [0.25, 0.3) is 0 Å². The number of aryl methyl sites for hydroxylation is 1. The first kappa shape index (κ1) is 16.9. The molecule has 1 aliphatic heterocycles. The van der Waals surface area contributed by atoms with Crippen molar-refractivity contribution in [1.82, 2.24) is 4.90 Å². The van der Waals surface area contributed by atoms with Crippen LogP contribution in [-0.4, -0.2) is 23.2 Å². The molecule has 2 amide bonds. The Morgan fingerprint density at radius 2 is 1.88 bits per heavy atom. The van der Waals surface area contributed by atoms with Gasteiger partial charge < -0.3 is 10.2 Å². The van der Waals surface area contributed by atoms with Crippen molar-refractivity contribution in [2.45, 2.75) is 32.1 Å². The third kappa shape index (κ3) is 3.59. The van der Waals surface area contributed by atoms with Crippen LogP contribution in [0.15, 0.2) is 48.5 Å². The number of nitrogens with one attached hydrogen (secondary N) is 1. The first-order valence-electron chi connectivity index (χ1n) is 8.41. The summed E-state index contributed by atoms with van der Waals surface area (Å²) in [6.45, 7) is 7.18. The molecule has 2 aromatic rings. The summed E-state index contributed by atoms with van der Waals surface area (Å²) in [5.74, 6) is 1.49. The van der Waals surface area contributed by atoms with Gasteiger partial charge in [-0.3, -0.25) is 0 Å². The third-order valence-electron chi connectivity index (χ3n) is 4.43. The Morgan fingerprint density at radius 3 is 2.54 bits per heavy atom. The highest BCUT2D eigenvalue weighted by Crippen LogP contribution is 2.38. The number of hydrogen-bond acceptors (Lipinski definition) is 2. The summed E-state index contributed by atoms with van der Waals surface area (Å²) in [5, 5.41) is 3.15. The Balaban J connectivity index is 1.75. The predicted octanol–water partition coefficient (Wildman–Crippen LogP) is 5.40. The molecule has 0 radical (unpaired) electrons. The lowest BCUT2D eigenvalue weighted by atomic mass is 10.0. The third-order valence-corrected chi connectivity index (χ3v) is 5.69. The van der Waals surface area contributed by atoms with E-state index in [0.717, 1.165) is 23.5 Å². The van der Waals surface area contributed by atoms with Crippen LogP contribution in [0.4, 0.5) is 10.5 Å². The number of urea groups is 1. The van der Waals surface area contributed by atoms with Crippen LogP contribution in [0.5, 0.6) is 0 Å². The van der Waals surface area contributed by atoms with Crippen LogP contribution in [-0.2, 0) is 0 Å². The van der Waals surface area contributed by atoms with Gasteiger partial charge in [0, 0.05) is 18.0 Å². The lowest BCUT2D eigenvalue weighted by Crippen LogP contribution is -2.34. The molecule has 126 valence electrons. The highest BCUT2D eigenvalue weighted by atomic mass is 32.2. The van der Waals surface area contributed by atoms with Gasteiger partial charge in [-0.1, -0.05) is 56.3 Å². The number of thioether (sulfide) groups is 1. The number of amides is 2. The standard InChI is InChI=1S/C20H24N2OS/c1-14(2)16-8-10-17(11-9-16)19-22(12-13-24-19)20(23)21-18-7-5-4-6-15(18)3/h4-11,14,19H,12-13H2,1-3H3,(H,21,23)/t19-/m0/s1. The zero-order valence-corrected chi connectivity index (χ0v) is 15.3. The van der Waals surface area contributed by atoms with Crippen molar-refractivity contribution < 1.29 is 4.79 Å². The van der Waals surface area contributed by atoms with Crippen LogP contribution < -0.4 is 5.32 Å². The van der Waals surface area contributed by atoms with Crippen molar-refractivity contribution in [3.05, 3.63) is 65.2 Å². The molecule has 0 bridgehead atoms. The molecule has 1 aliphatic rings. The second kappa shape index (κ2) is 7.31. The van der Waals surface area contributed by atoms with E-state index >= 15 is 0 Å². The maximum atomic E-state index is 12.7. The van der Waals surface area contributed by atoms with Crippen LogP contribution in [0.25, 0.3) is 0 Å². The normalized spacial score (nSPS) is 17.3. The fourth-order valence-electron chi connectivity index (χ4n) is 2.90. The van der Waals surface area contributed by atoms with Crippen LogP contribution in [0, 0.1) is 6.92 Å². The van der Waals surface area contributed by atoms with Crippen LogP contribution in [0.3, 0.4) is 0 Å². The number of hydrogen-bond donors (Lipinski definition) is 1. The molecule has 3 rings (SSSR count). The monoisotopic (exact) mass is 340 g/mol. The van der Waals surface area contributed by atoms with E-state index in [1.165, 1.54) is 11.1 Å². The Labute approximate surface area is 148 Å². The SMILES string of the molecule is Cc1ccccc1NC(=O)N1CCS[C@H]1c1ccc(C(C)C)cc1. The fraction of sp³-hybridized carbons (Fsp3) is 0.350. The minimum Gasteiger partial charge on any atom is -0.308 e. The number of para-hydroxylation sites is 1. The van der Waals surface area contributed by atoms with Gasteiger partial charge in [-0.25, -0.2) is 4.79 Å². The zero-order chi connectivity index (χ0) is 17.1. The topological polar surface area (TPSA) is 32.3 Å². The number of anilines is 1. The van der Waals surface area contributed by atoms with Crippen LogP contribution in [0.1, 0.15) is 41.8 Å². The minimum absolute atomic E-state index is 0.0211. The Bertz CT molecular complexity index is 712. The first-order chi connectivity index (χ1) is 11.6. The maximum Gasteiger partial charge on any atom is 0.323 e. The lowest BCUT2D eigenvalue weighted by Gasteiger charge is -2.25. The highest BCUT2D eigenvalue weighted by molar-refractivity contribution is 7.99. The van der Waals surface area contributed by atoms with E-state index in [2.05, 4.69) is 43.4 Å². The molecule has 1 atom stereocenters. The number of nitrogens with zero attached hydrogens (tertiary/aromatic N) is 1. The summed E-state index contributed by atoms with van der Waals surface area (Å²) in [5.41, 5.74) is 4.49. The van der Waals surface area contributed by atoms with Crippen molar-refractivity contribution in [3.8, 4) is 0 Å². The van der Waals surface area contributed by atoms with Gasteiger partial charge in [0.2, 0.25) is 0 Å². The van der Waals surface area contributed by atoms with Crippen molar-refractivity contribution in [1.29, 1.82) is 0 Å². The molecule has 1 N–H and O–H groups in total. The molecule has 0 aliphatic carbocycles. The average Bonchev–Trinajstić information content (AvgIpc) is 3.07. The average molecular weight is 340 g/mol. The quantitative estimate of drug-likeness (QED) is 0.811. The van der Waals surface area contributed by atoms with Gasteiger partial charge in [-0.15, -0.1) is 11.8 Å². The summed E-state index contributed by atoms with van der Waals surface area (Å²) in [4.78, 5) is 14.7. The van der Waals surface area contributed by atoms with Crippen molar-refractivity contribution in [2.24, 2.45) is 0 Å². The van der Waals surface area contributed by atoms with E-state index in [-0.39, 0.29) is 11.4 Å². The highest BCUT2D eigenvalue weighted by Gasteiger charge is 2.30. The van der Waals surface area contributed by atoms with Gasteiger partial charge in [0.1, 0.15) is 5.37 Å². The summed E-state index contributed by atoms with van der Waals surface area (Å²) < 4.78 is 0. The van der Waals surface area contributed by atoms with Gasteiger partial charge in [-0.05, 0) is 35.6 Å². The molecule has 0 spiro atoms. The predicted molar refractivity (Wildman–Crippen MR) is 103 cm³/mol. The van der Waals surface area contributed by atoms with Gasteiger partial charge in [-0.2, -0.15) is 0 Å². The smallest absolute Gasteiger partial charge is 0.308 e. The molecule has 2 aromatic carbocycles. The molecule has 4 heteroatoms. The lowest BCUT2D eigenvalue weighted by molar-refractivity contribution is 0.214.